The number of carbonyl (C=O) groups is 1. The van der Waals surface area contributed by atoms with E-state index in [-0.39, 0.29) is 6.54 Å². The summed E-state index contributed by atoms with van der Waals surface area (Å²) in [5.74, 6) is -0.0936. The maximum atomic E-state index is 12.2. The smallest absolute Gasteiger partial charge is 0.260 e. The van der Waals surface area contributed by atoms with Gasteiger partial charge in [0.2, 0.25) is 10.0 Å². The number of benzene rings is 1. The molecule has 0 aromatic heterocycles. The fourth-order valence-electron chi connectivity index (χ4n) is 2.77. The van der Waals surface area contributed by atoms with E-state index in [1.807, 2.05) is 0 Å². The molecule has 1 aromatic carbocycles. The Bertz CT molecular complexity index is 721. The maximum Gasteiger partial charge on any atom is 0.260 e. The van der Waals surface area contributed by atoms with Crippen LogP contribution in [0.1, 0.15) is 38.5 Å². The molecule has 0 unspecified atom stereocenters. The Kier molecular flexibility index (Phi) is 6.81. The second kappa shape index (κ2) is 8.84. The highest BCUT2D eigenvalue weighted by atomic mass is 32.2. The number of ether oxygens (including phenoxy) is 1. The van der Waals surface area contributed by atoms with Gasteiger partial charge in [-0.05, 0) is 37.8 Å². The van der Waals surface area contributed by atoms with Crippen molar-refractivity contribution in [3.05, 3.63) is 24.3 Å². The molecule has 0 saturated heterocycles. The third-order valence-corrected chi connectivity index (χ3v) is 5.19. The summed E-state index contributed by atoms with van der Waals surface area (Å²) in [4.78, 5) is 12.2. The molecule has 138 valence electrons. The van der Waals surface area contributed by atoms with Gasteiger partial charge in [0, 0.05) is 5.71 Å². The lowest BCUT2D eigenvalue weighted by Gasteiger charge is -2.23. The second-order valence-electron chi connectivity index (χ2n) is 6.07. The molecule has 0 aliphatic heterocycles. The normalized spacial score (nSPS) is 15.2. The van der Waals surface area contributed by atoms with Crippen molar-refractivity contribution in [3.63, 3.8) is 0 Å². The van der Waals surface area contributed by atoms with Gasteiger partial charge < -0.3 is 4.74 Å². The van der Waals surface area contributed by atoms with Crippen LogP contribution in [-0.2, 0) is 14.8 Å². The van der Waals surface area contributed by atoms with Crippen molar-refractivity contribution in [1.29, 1.82) is 0 Å². The van der Waals surface area contributed by atoms with Gasteiger partial charge in [0.05, 0.1) is 19.1 Å². The molecule has 0 bridgehead atoms. The first-order chi connectivity index (χ1) is 11.9. The fraction of sp³-hybridized carbons (Fsp3) is 0.529. The van der Waals surface area contributed by atoms with Crippen LogP contribution in [0.4, 0.5) is 5.69 Å². The van der Waals surface area contributed by atoms with Gasteiger partial charge in [-0.25, -0.2) is 13.8 Å². The van der Waals surface area contributed by atoms with Crippen molar-refractivity contribution in [2.45, 2.75) is 38.5 Å². The van der Waals surface area contributed by atoms with Crippen molar-refractivity contribution in [2.75, 3.05) is 24.2 Å². The lowest BCUT2D eigenvalue weighted by molar-refractivity contribution is -0.119. The summed E-state index contributed by atoms with van der Waals surface area (Å²) in [6, 6.07) is 6.68. The first-order valence-corrected chi connectivity index (χ1v) is 10.2. The average molecular weight is 367 g/mol. The summed E-state index contributed by atoms with van der Waals surface area (Å²) in [5.41, 5.74) is 3.78. The van der Waals surface area contributed by atoms with Gasteiger partial charge in [0.15, 0.2) is 0 Å². The number of hydrazone groups is 1. The average Bonchev–Trinajstić information content (AvgIpc) is 2.85. The molecule has 1 aromatic rings. The summed E-state index contributed by atoms with van der Waals surface area (Å²) in [6.45, 7) is -0.351. The minimum Gasteiger partial charge on any atom is -0.495 e. The van der Waals surface area contributed by atoms with Crippen LogP contribution in [0.2, 0.25) is 0 Å². The number of anilines is 1. The Balaban J connectivity index is 2.12. The van der Waals surface area contributed by atoms with Gasteiger partial charge in [-0.1, -0.05) is 25.0 Å². The number of nitrogens with one attached hydrogen (secondary N) is 1. The molecule has 0 spiro atoms. The van der Waals surface area contributed by atoms with E-state index in [1.54, 1.807) is 24.3 Å². The van der Waals surface area contributed by atoms with Crippen LogP contribution in [0.3, 0.4) is 0 Å². The molecule has 8 heteroatoms. The number of para-hydroxylation sites is 2. The highest BCUT2D eigenvalue weighted by molar-refractivity contribution is 7.92. The molecule has 2 rings (SSSR count). The molecule has 0 heterocycles. The summed E-state index contributed by atoms with van der Waals surface area (Å²) < 4.78 is 30.5. The van der Waals surface area contributed by atoms with Gasteiger partial charge in [-0.15, -0.1) is 0 Å². The molecular formula is C17H25N3O4S. The molecule has 1 N–H and O–H groups in total. The molecular weight excluding hydrogens is 342 g/mol. The maximum absolute atomic E-state index is 12.2. The van der Waals surface area contributed by atoms with Crippen molar-refractivity contribution in [1.82, 2.24) is 5.43 Å². The molecule has 25 heavy (non-hydrogen) atoms. The summed E-state index contributed by atoms with van der Waals surface area (Å²) in [6.07, 6.45) is 7.33. The van der Waals surface area contributed by atoms with E-state index in [9.17, 15) is 13.2 Å². The quantitative estimate of drug-likeness (QED) is 0.617. The van der Waals surface area contributed by atoms with Crippen molar-refractivity contribution >= 4 is 27.3 Å². The molecule has 1 amide bonds. The van der Waals surface area contributed by atoms with E-state index in [0.29, 0.717) is 11.4 Å². The van der Waals surface area contributed by atoms with Crippen LogP contribution in [0, 0.1) is 0 Å². The fourth-order valence-corrected chi connectivity index (χ4v) is 3.63. The van der Waals surface area contributed by atoms with E-state index in [0.717, 1.165) is 42.0 Å². The Labute approximate surface area is 149 Å². The highest BCUT2D eigenvalue weighted by Crippen LogP contribution is 2.29. The van der Waals surface area contributed by atoms with E-state index < -0.39 is 15.9 Å². The molecule has 1 aliphatic rings. The van der Waals surface area contributed by atoms with Gasteiger partial charge in [-0.3, -0.25) is 9.10 Å². The number of amides is 1. The van der Waals surface area contributed by atoms with Crippen molar-refractivity contribution in [2.24, 2.45) is 5.10 Å². The Hall–Kier alpha value is -2.09. The molecule has 1 fully saturated rings. The number of hydrogen-bond donors (Lipinski definition) is 1. The SMILES string of the molecule is COc1ccccc1N(CC(=O)NN=C1CCCCCC1)S(C)(=O)=O. The molecule has 1 aliphatic carbocycles. The lowest BCUT2D eigenvalue weighted by atomic mass is 10.2. The second-order valence-corrected chi connectivity index (χ2v) is 7.98. The number of nitrogens with zero attached hydrogens (tertiary/aromatic N) is 2. The Morgan fingerprint density at radius 3 is 2.44 bits per heavy atom. The molecule has 1 saturated carbocycles. The predicted molar refractivity (Wildman–Crippen MR) is 98.5 cm³/mol. The largest absolute Gasteiger partial charge is 0.495 e. The highest BCUT2D eigenvalue weighted by Gasteiger charge is 2.23. The van der Waals surface area contributed by atoms with Crippen LogP contribution in [-0.4, -0.2) is 39.9 Å². The number of sulfonamides is 1. The zero-order valence-corrected chi connectivity index (χ0v) is 15.5. The lowest BCUT2D eigenvalue weighted by Crippen LogP contribution is -2.39. The standard InChI is InChI=1S/C17H25N3O4S/c1-24-16-12-8-7-11-15(16)20(25(2,22)23)13-17(21)19-18-14-9-5-3-4-6-10-14/h7-8,11-12H,3-6,9-10,13H2,1-2H3,(H,19,21). The predicted octanol–water partition coefficient (Wildman–Crippen LogP) is 2.29. The van der Waals surface area contributed by atoms with Gasteiger partial charge >= 0.3 is 0 Å². The van der Waals surface area contributed by atoms with Crippen molar-refractivity contribution < 1.29 is 17.9 Å². The van der Waals surface area contributed by atoms with Crippen molar-refractivity contribution in [3.8, 4) is 5.75 Å². The first-order valence-electron chi connectivity index (χ1n) is 8.37. The monoisotopic (exact) mass is 367 g/mol. The number of carbonyl (C=O) groups excluding carboxylic acids is 1. The minimum atomic E-state index is -3.65. The van der Waals surface area contributed by atoms with E-state index in [4.69, 9.17) is 4.74 Å². The van der Waals surface area contributed by atoms with Crippen LogP contribution in [0.5, 0.6) is 5.75 Å². The Morgan fingerprint density at radius 2 is 1.84 bits per heavy atom. The Morgan fingerprint density at radius 1 is 1.20 bits per heavy atom. The first kappa shape index (κ1) is 19.2. The third kappa shape index (κ3) is 5.74. The van der Waals surface area contributed by atoms with Gasteiger partial charge in [-0.2, -0.15) is 5.10 Å². The zero-order valence-electron chi connectivity index (χ0n) is 14.7. The van der Waals surface area contributed by atoms with Gasteiger partial charge in [0.25, 0.3) is 5.91 Å². The van der Waals surface area contributed by atoms with E-state index in [2.05, 4.69) is 10.5 Å². The van der Waals surface area contributed by atoms with Crippen LogP contribution in [0.15, 0.2) is 29.4 Å². The van der Waals surface area contributed by atoms with Gasteiger partial charge in [0.1, 0.15) is 12.3 Å². The molecule has 7 nitrogen and oxygen atoms in total. The third-order valence-electron chi connectivity index (χ3n) is 4.06. The summed E-state index contributed by atoms with van der Waals surface area (Å²) in [7, 11) is -2.19. The number of methoxy groups -OCH3 is 1. The molecule has 0 atom stereocenters. The van der Waals surface area contributed by atoms with Crippen LogP contribution < -0.4 is 14.5 Å². The minimum absolute atomic E-state index is 0.324. The number of rotatable bonds is 6. The zero-order chi connectivity index (χ0) is 18.3. The van der Waals surface area contributed by atoms with E-state index >= 15 is 0 Å². The summed E-state index contributed by atoms with van der Waals surface area (Å²) in [5, 5.41) is 4.18. The van der Waals surface area contributed by atoms with Crippen LogP contribution >= 0.6 is 0 Å². The number of hydrogen-bond acceptors (Lipinski definition) is 5. The molecule has 0 radical (unpaired) electrons. The topological polar surface area (TPSA) is 88.1 Å². The van der Waals surface area contributed by atoms with E-state index in [1.165, 1.54) is 20.0 Å². The van der Waals surface area contributed by atoms with Crippen LogP contribution in [0.25, 0.3) is 0 Å². The summed E-state index contributed by atoms with van der Waals surface area (Å²) >= 11 is 0.